The highest BCUT2D eigenvalue weighted by Crippen LogP contribution is 2.59. The van der Waals surface area contributed by atoms with Gasteiger partial charge in [-0.25, -0.2) is 0 Å². The van der Waals surface area contributed by atoms with E-state index in [0.29, 0.717) is 27.9 Å². The number of carbonyl (C=O) groups excluding carboxylic acids is 4. The molecule has 4 aliphatic heterocycles. The highest BCUT2D eigenvalue weighted by molar-refractivity contribution is 9.11. The monoisotopic (exact) mass is 813 g/mol. The summed E-state index contributed by atoms with van der Waals surface area (Å²) in [5.74, 6) is -3.71. The number of benzene rings is 3. The molecule has 0 radical (unpaired) electrons. The second-order valence-electron chi connectivity index (χ2n) is 14.2. The van der Waals surface area contributed by atoms with Crippen molar-refractivity contribution in [2.75, 3.05) is 38.9 Å². The van der Waals surface area contributed by atoms with E-state index in [1.165, 1.54) is 12.0 Å². The van der Waals surface area contributed by atoms with Crippen LogP contribution in [-0.2, 0) is 39.8 Å². The molecule has 8 atom stereocenters. The number of fused-ring (bicyclic) bond motifs is 2. The van der Waals surface area contributed by atoms with Gasteiger partial charge < -0.3 is 39.2 Å². The molecule has 0 aliphatic carbocycles. The van der Waals surface area contributed by atoms with Gasteiger partial charge >= 0.3 is 5.97 Å². The average molecular weight is 815 g/mol. The maximum absolute atomic E-state index is 15.4. The van der Waals surface area contributed by atoms with Crippen LogP contribution in [0.15, 0.2) is 108 Å². The molecule has 7 rings (SSSR count). The quantitative estimate of drug-likeness (QED) is 0.239. The molecule has 288 valence electrons. The molecule has 3 amide bonds. The van der Waals surface area contributed by atoms with E-state index in [-0.39, 0.29) is 31.9 Å². The van der Waals surface area contributed by atoms with Crippen molar-refractivity contribution in [3.63, 3.8) is 0 Å². The zero-order valence-corrected chi connectivity index (χ0v) is 32.2. The zero-order valence-electron chi connectivity index (χ0n) is 30.6. The van der Waals surface area contributed by atoms with E-state index in [0.717, 1.165) is 5.56 Å². The molecule has 2 saturated heterocycles. The van der Waals surface area contributed by atoms with E-state index in [4.69, 9.17) is 18.9 Å². The third-order valence-electron chi connectivity index (χ3n) is 10.9. The standard InChI is InChI=1S/C42H44BrN3O9/c1-52-25-32-36(27-14-8-4-9-15-27)54-41(51)34-35-39(49)46(29(24-47)22-26-12-6-3-7-13-26)38(42(35)23-31(43)37(34)55-42)40(50)45(21-11-5-10-16-33(48)44-32)28-17-19-30(53-2)20-18-28/h3-9,11-15,17-20,23,29,32,34-38,47H,10,16,21-22,24-25H2,1-2H3,(H,44,48)/b11-5-/t29-,32+,34-,35+,36+,37-,38-,42+/m1/s1. The number of amides is 3. The predicted octanol–water partition coefficient (Wildman–Crippen LogP) is 4.27. The van der Waals surface area contributed by atoms with E-state index in [1.54, 1.807) is 54.5 Å². The number of anilines is 1. The van der Waals surface area contributed by atoms with Gasteiger partial charge in [0.1, 0.15) is 35.5 Å². The van der Waals surface area contributed by atoms with E-state index in [2.05, 4.69) is 21.2 Å². The van der Waals surface area contributed by atoms with Crippen molar-refractivity contribution in [3.8, 4) is 5.75 Å². The number of ether oxygens (including phenoxy) is 4. The molecule has 1 spiro atoms. The van der Waals surface area contributed by atoms with Gasteiger partial charge in [0.2, 0.25) is 11.8 Å². The number of hydrogen-bond acceptors (Lipinski definition) is 9. The number of halogens is 1. The van der Waals surface area contributed by atoms with Crippen molar-refractivity contribution in [1.29, 1.82) is 0 Å². The smallest absolute Gasteiger partial charge is 0.313 e. The fourth-order valence-corrected chi connectivity index (χ4v) is 9.11. The van der Waals surface area contributed by atoms with Crippen molar-refractivity contribution in [2.24, 2.45) is 11.8 Å². The fourth-order valence-electron chi connectivity index (χ4n) is 8.37. The first-order valence-corrected chi connectivity index (χ1v) is 19.2. The molecule has 5 bridgehead atoms. The number of nitrogens with one attached hydrogen (secondary N) is 1. The van der Waals surface area contributed by atoms with Gasteiger partial charge in [0, 0.05) is 30.2 Å². The van der Waals surface area contributed by atoms with E-state index >= 15 is 9.59 Å². The summed E-state index contributed by atoms with van der Waals surface area (Å²) in [5.41, 5.74) is 0.419. The van der Waals surface area contributed by atoms with Gasteiger partial charge in [0.05, 0.1) is 38.3 Å². The second-order valence-corrected chi connectivity index (χ2v) is 15.1. The third kappa shape index (κ3) is 7.33. The molecular formula is C42H44BrN3O9. The number of esters is 1. The normalized spacial score (nSPS) is 29.3. The summed E-state index contributed by atoms with van der Waals surface area (Å²) in [6.45, 7) is -0.321. The van der Waals surface area contributed by atoms with Gasteiger partial charge in [0.15, 0.2) is 0 Å². The second kappa shape index (κ2) is 16.5. The van der Waals surface area contributed by atoms with Gasteiger partial charge in [-0.1, -0.05) is 88.7 Å². The van der Waals surface area contributed by atoms with Crippen LogP contribution in [0.2, 0.25) is 0 Å². The predicted molar refractivity (Wildman–Crippen MR) is 206 cm³/mol. The number of allylic oxidation sites excluding steroid dienone is 1. The summed E-state index contributed by atoms with van der Waals surface area (Å²) in [6.07, 6.45) is 4.20. The number of carbonyl (C=O) groups is 4. The molecule has 13 heteroatoms. The molecule has 0 saturated carbocycles. The van der Waals surface area contributed by atoms with Crippen LogP contribution in [0.1, 0.15) is 30.1 Å². The molecule has 3 aromatic carbocycles. The fraction of sp³-hybridized carbons (Fsp3) is 0.381. The Labute approximate surface area is 328 Å². The lowest BCUT2D eigenvalue weighted by Crippen LogP contribution is -2.59. The lowest BCUT2D eigenvalue weighted by atomic mass is 9.74. The SMILES string of the molecule is COC[C@@H]1NC(=O)CC/C=C\CN(c2ccc(OC)cc2)C(=O)[C@H]2N([C@@H](CO)Cc3ccccc3)C(=O)[C@@H]3[C@@H](C(=O)O[C@H]1c1ccccc1)[C@@H]1O[C@@]32C=C1Br. The minimum Gasteiger partial charge on any atom is -0.497 e. The van der Waals surface area contributed by atoms with Gasteiger partial charge in [0.25, 0.3) is 5.91 Å². The molecule has 12 nitrogen and oxygen atoms in total. The lowest BCUT2D eigenvalue weighted by Gasteiger charge is -2.38. The Kier molecular flexibility index (Phi) is 11.5. The first-order valence-electron chi connectivity index (χ1n) is 18.4. The molecule has 3 aromatic rings. The first-order chi connectivity index (χ1) is 26.7. The Balaban J connectivity index is 1.37. The Bertz CT molecular complexity index is 1940. The molecule has 55 heavy (non-hydrogen) atoms. The number of rotatable bonds is 9. The molecule has 2 fully saturated rings. The molecule has 4 aliphatic rings. The van der Waals surface area contributed by atoms with Crippen LogP contribution in [0, 0.1) is 11.8 Å². The van der Waals surface area contributed by atoms with Crippen molar-refractivity contribution in [2.45, 2.75) is 55.2 Å². The van der Waals surface area contributed by atoms with Crippen molar-refractivity contribution < 1.29 is 43.2 Å². The molecule has 0 aromatic heterocycles. The van der Waals surface area contributed by atoms with Crippen LogP contribution < -0.4 is 15.0 Å². The van der Waals surface area contributed by atoms with Crippen LogP contribution in [0.4, 0.5) is 5.69 Å². The zero-order chi connectivity index (χ0) is 38.7. The summed E-state index contributed by atoms with van der Waals surface area (Å²) >= 11 is 3.63. The summed E-state index contributed by atoms with van der Waals surface area (Å²) in [6, 6.07) is 22.6. The first kappa shape index (κ1) is 38.5. The number of hydrogen-bond donors (Lipinski definition) is 2. The van der Waals surface area contributed by atoms with Gasteiger partial charge in [-0.05, 0) is 54.3 Å². The largest absolute Gasteiger partial charge is 0.497 e. The maximum atomic E-state index is 15.4. The van der Waals surface area contributed by atoms with Crippen LogP contribution >= 0.6 is 15.9 Å². The van der Waals surface area contributed by atoms with E-state index in [1.807, 2.05) is 60.7 Å². The van der Waals surface area contributed by atoms with Gasteiger partial charge in [-0.3, -0.25) is 19.2 Å². The van der Waals surface area contributed by atoms with Crippen molar-refractivity contribution >= 4 is 45.3 Å². The molecule has 0 unspecified atom stereocenters. The van der Waals surface area contributed by atoms with Crippen molar-refractivity contribution in [3.05, 3.63) is 119 Å². The van der Waals surface area contributed by atoms with Crippen LogP contribution in [0.25, 0.3) is 0 Å². The van der Waals surface area contributed by atoms with Gasteiger partial charge in [-0.15, -0.1) is 0 Å². The molecule has 4 heterocycles. The minimum absolute atomic E-state index is 0.0355. The topological polar surface area (TPSA) is 144 Å². The van der Waals surface area contributed by atoms with Gasteiger partial charge in [-0.2, -0.15) is 0 Å². The Morgan fingerprint density at radius 2 is 1.64 bits per heavy atom. The van der Waals surface area contributed by atoms with Crippen molar-refractivity contribution in [1.82, 2.24) is 10.2 Å². The Morgan fingerprint density at radius 3 is 2.31 bits per heavy atom. The number of methoxy groups -OCH3 is 2. The Hall–Kier alpha value is -4.82. The van der Waals surface area contributed by atoms with E-state index < -0.39 is 72.2 Å². The average Bonchev–Trinajstić information content (AvgIpc) is 3.80. The number of nitrogens with zero attached hydrogens (tertiary/aromatic N) is 2. The maximum Gasteiger partial charge on any atom is 0.313 e. The highest BCUT2D eigenvalue weighted by Gasteiger charge is 2.75. The summed E-state index contributed by atoms with van der Waals surface area (Å²) < 4.78 is 24.5. The third-order valence-corrected chi connectivity index (χ3v) is 11.5. The Morgan fingerprint density at radius 1 is 0.927 bits per heavy atom. The molecular weight excluding hydrogens is 770 g/mol. The number of likely N-dealkylation sites (tertiary alicyclic amines) is 1. The van der Waals surface area contributed by atoms with Crippen LogP contribution in [-0.4, -0.2) is 97.5 Å². The van der Waals surface area contributed by atoms with E-state index in [9.17, 15) is 14.7 Å². The number of cyclic esters (lactones) is 1. The summed E-state index contributed by atoms with van der Waals surface area (Å²) in [4.78, 5) is 61.5. The number of aliphatic hydroxyl groups excluding tert-OH is 1. The summed E-state index contributed by atoms with van der Waals surface area (Å²) in [7, 11) is 3.05. The molecule has 2 N–H and O–H groups in total. The van der Waals surface area contributed by atoms with Crippen LogP contribution in [0.3, 0.4) is 0 Å². The minimum atomic E-state index is -1.59. The summed E-state index contributed by atoms with van der Waals surface area (Å²) in [5, 5.41) is 14.0. The highest BCUT2D eigenvalue weighted by atomic mass is 79.9. The number of aliphatic hydroxyl groups is 1. The lowest BCUT2D eigenvalue weighted by molar-refractivity contribution is -0.162. The van der Waals surface area contributed by atoms with Crippen LogP contribution in [0.5, 0.6) is 5.75 Å².